The Morgan fingerprint density at radius 2 is 1.58 bits per heavy atom. The molecule has 3 aromatic rings. The van der Waals surface area contributed by atoms with E-state index >= 15 is 0 Å². The van der Waals surface area contributed by atoms with Crippen molar-refractivity contribution in [2.75, 3.05) is 37.7 Å². The van der Waals surface area contributed by atoms with Crippen LogP contribution in [0.2, 0.25) is 0 Å². The van der Waals surface area contributed by atoms with Crippen molar-refractivity contribution in [3.8, 4) is 11.5 Å². The van der Waals surface area contributed by atoms with Gasteiger partial charge < -0.3 is 20.1 Å². The van der Waals surface area contributed by atoms with Gasteiger partial charge in [0.25, 0.3) is 5.91 Å². The summed E-state index contributed by atoms with van der Waals surface area (Å²) < 4.78 is 10.3. The zero-order valence-electron chi connectivity index (χ0n) is 21.0. The molecular weight excluding hydrogens is 524 g/mol. The number of carbonyl (C=O) groups excluding carboxylic acids is 3. The third kappa shape index (κ3) is 6.67. The number of anilines is 2. The molecule has 4 rings (SSSR count). The first kappa shape index (κ1) is 27.1. The van der Waals surface area contributed by atoms with Crippen molar-refractivity contribution < 1.29 is 23.9 Å². The van der Waals surface area contributed by atoms with E-state index in [1.165, 1.54) is 16.7 Å². The molecule has 1 fully saturated rings. The van der Waals surface area contributed by atoms with Gasteiger partial charge in [-0.3, -0.25) is 19.3 Å². The van der Waals surface area contributed by atoms with Gasteiger partial charge in [0.05, 0.1) is 31.3 Å². The number of thioether (sulfide) groups is 2. The van der Waals surface area contributed by atoms with Gasteiger partial charge in [0.2, 0.25) is 11.8 Å². The van der Waals surface area contributed by atoms with E-state index in [1.807, 2.05) is 12.1 Å². The van der Waals surface area contributed by atoms with Crippen molar-refractivity contribution in [1.29, 1.82) is 0 Å². The number of nitrogens with zero attached hydrogens (tertiary/aromatic N) is 2. The molecule has 3 aromatic carbocycles. The third-order valence-electron chi connectivity index (χ3n) is 5.48. The first-order valence-corrected chi connectivity index (χ1v) is 13.4. The molecule has 2 N–H and O–H groups in total. The molecule has 0 saturated carbocycles. The maximum absolute atomic E-state index is 13.1. The minimum Gasteiger partial charge on any atom is -0.497 e. The SMILES string of the molecule is COc1ccc(N=C2S[C@@H](C(=O)Nc3ccccc3SCC(=O)Nc3ccc(OC)cc3)C(=O)N2C)cc1. The van der Waals surface area contributed by atoms with Crippen molar-refractivity contribution >= 4 is 63.5 Å². The molecule has 11 heteroatoms. The molecule has 1 heterocycles. The molecule has 1 aliphatic rings. The molecule has 0 radical (unpaired) electrons. The zero-order valence-corrected chi connectivity index (χ0v) is 22.6. The van der Waals surface area contributed by atoms with Crippen LogP contribution < -0.4 is 20.1 Å². The van der Waals surface area contributed by atoms with Gasteiger partial charge in [-0.25, -0.2) is 4.99 Å². The van der Waals surface area contributed by atoms with Gasteiger partial charge in [-0.05, 0) is 60.7 Å². The monoisotopic (exact) mass is 550 g/mol. The van der Waals surface area contributed by atoms with E-state index in [2.05, 4.69) is 15.6 Å². The summed E-state index contributed by atoms with van der Waals surface area (Å²) in [5.74, 6) is 0.531. The first-order chi connectivity index (χ1) is 18.4. The number of hydrogen-bond acceptors (Lipinski definition) is 8. The van der Waals surface area contributed by atoms with Gasteiger partial charge in [-0.15, -0.1) is 11.8 Å². The number of aliphatic imine (C=N–C) groups is 1. The molecule has 9 nitrogen and oxygen atoms in total. The number of carbonyl (C=O) groups is 3. The van der Waals surface area contributed by atoms with Crippen LogP contribution in [0.4, 0.5) is 17.1 Å². The molecule has 0 unspecified atom stereocenters. The molecule has 1 aliphatic heterocycles. The van der Waals surface area contributed by atoms with Crippen LogP contribution in [0.3, 0.4) is 0 Å². The highest BCUT2D eigenvalue weighted by Crippen LogP contribution is 2.32. The quantitative estimate of drug-likeness (QED) is 0.295. The van der Waals surface area contributed by atoms with Gasteiger partial charge in [0.15, 0.2) is 10.4 Å². The molecule has 0 bridgehead atoms. The van der Waals surface area contributed by atoms with Crippen molar-refractivity contribution in [2.45, 2.75) is 10.1 Å². The maximum atomic E-state index is 13.1. The van der Waals surface area contributed by atoms with Crippen LogP contribution in [0.15, 0.2) is 82.7 Å². The predicted octanol–water partition coefficient (Wildman–Crippen LogP) is 4.63. The largest absolute Gasteiger partial charge is 0.497 e. The zero-order chi connectivity index (χ0) is 27.1. The van der Waals surface area contributed by atoms with Crippen molar-refractivity contribution in [2.24, 2.45) is 4.99 Å². The van der Waals surface area contributed by atoms with E-state index in [0.717, 1.165) is 11.8 Å². The minimum absolute atomic E-state index is 0.136. The van der Waals surface area contributed by atoms with Crippen LogP contribution in [-0.2, 0) is 14.4 Å². The second-order valence-corrected chi connectivity index (χ2v) is 10.1. The number of nitrogens with one attached hydrogen (secondary N) is 2. The fourth-order valence-corrected chi connectivity index (χ4v) is 5.30. The lowest BCUT2D eigenvalue weighted by molar-refractivity contribution is -0.129. The van der Waals surface area contributed by atoms with Crippen LogP contribution >= 0.6 is 23.5 Å². The predicted molar refractivity (Wildman–Crippen MR) is 152 cm³/mol. The standard InChI is InChI=1S/C27H26N4O5S2/c1-31-26(34)24(38-27(31)29-18-10-14-20(36-3)15-11-18)25(33)30-21-6-4-5-7-22(21)37-16-23(32)28-17-8-12-19(35-2)13-9-17/h4-15,24H,16H2,1-3H3,(H,28,32)(H,30,33)/t24-/m0/s1. The Kier molecular flexibility index (Phi) is 8.93. The Balaban J connectivity index is 1.38. The Morgan fingerprint density at radius 1 is 0.947 bits per heavy atom. The number of hydrogen-bond donors (Lipinski definition) is 2. The Hall–Kier alpha value is -3.96. The molecule has 196 valence electrons. The number of para-hydroxylation sites is 1. The van der Waals surface area contributed by atoms with E-state index in [9.17, 15) is 14.4 Å². The summed E-state index contributed by atoms with van der Waals surface area (Å²) in [6.07, 6.45) is 0. The van der Waals surface area contributed by atoms with Crippen molar-refractivity contribution in [3.63, 3.8) is 0 Å². The Labute approximate surface area is 229 Å². The summed E-state index contributed by atoms with van der Waals surface area (Å²) in [5.41, 5.74) is 1.83. The van der Waals surface area contributed by atoms with Crippen LogP contribution in [0.25, 0.3) is 0 Å². The van der Waals surface area contributed by atoms with Gasteiger partial charge >= 0.3 is 0 Å². The Bertz CT molecular complexity index is 1350. The lowest BCUT2D eigenvalue weighted by atomic mass is 10.3. The average molecular weight is 551 g/mol. The average Bonchev–Trinajstić information content (AvgIpc) is 3.22. The van der Waals surface area contributed by atoms with Crippen LogP contribution in [0.1, 0.15) is 0 Å². The molecule has 0 aromatic heterocycles. The highest BCUT2D eigenvalue weighted by atomic mass is 32.2. The third-order valence-corrected chi connectivity index (χ3v) is 7.78. The van der Waals surface area contributed by atoms with E-state index in [0.29, 0.717) is 38.6 Å². The normalized spacial score (nSPS) is 15.9. The van der Waals surface area contributed by atoms with Gasteiger partial charge in [0, 0.05) is 17.6 Å². The molecule has 1 atom stereocenters. The highest BCUT2D eigenvalue weighted by Gasteiger charge is 2.40. The lowest BCUT2D eigenvalue weighted by Gasteiger charge is -2.13. The maximum Gasteiger partial charge on any atom is 0.251 e. The van der Waals surface area contributed by atoms with Gasteiger partial charge in [0.1, 0.15) is 11.5 Å². The van der Waals surface area contributed by atoms with Crippen molar-refractivity contribution in [1.82, 2.24) is 4.90 Å². The second-order valence-electron chi connectivity index (χ2n) is 8.04. The molecule has 3 amide bonds. The van der Waals surface area contributed by atoms with Gasteiger partial charge in [-0.1, -0.05) is 23.9 Å². The van der Waals surface area contributed by atoms with E-state index in [4.69, 9.17) is 9.47 Å². The second kappa shape index (κ2) is 12.5. The first-order valence-electron chi connectivity index (χ1n) is 11.5. The topological polar surface area (TPSA) is 109 Å². The van der Waals surface area contributed by atoms with Crippen LogP contribution in [0.5, 0.6) is 11.5 Å². The van der Waals surface area contributed by atoms with Crippen LogP contribution in [-0.4, -0.2) is 60.1 Å². The van der Waals surface area contributed by atoms with Gasteiger partial charge in [-0.2, -0.15) is 0 Å². The van der Waals surface area contributed by atoms with E-state index in [1.54, 1.807) is 81.9 Å². The van der Waals surface area contributed by atoms with Crippen molar-refractivity contribution in [3.05, 3.63) is 72.8 Å². The molecule has 0 spiro atoms. The van der Waals surface area contributed by atoms with Crippen LogP contribution in [0, 0.1) is 0 Å². The fourth-order valence-electron chi connectivity index (χ4n) is 3.45. The number of ether oxygens (including phenoxy) is 2. The summed E-state index contributed by atoms with van der Waals surface area (Å²) in [5, 5.41) is 5.13. The Morgan fingerprint density at radius 3 is 2.24 bits per heavy atom. The number of benzene rings is 3. The summed E-state index contributed by atoms with van der Waals surface area (Å²) in [4.78, 5) is 45.0. The lowest BCUT2D eigenvalue weighted by Crippen LogP contribution is -2.35. The number of rotatable bonds is 9. The summed E-state index contributed by atoms with van der Waals surface area (Å²) >= 11 is 2.38. The summed E-state index contributed by atoms with van der Waals surface area (Å²) in [6.45, 7) is 0. The number of amides is 3. The molecule has 0 aliphatic carbocycles. The number of methoxy groups -OCH3 is 2. The fraction of sp³-hybridized carbons (Fsp3) is 0.185. The molecule has 38 heavy (non-hydrogen) atoms. The van der Waals surface area contributed by atoms with E-state index < -0.39 is 11.2 Å². The minimum atomic E-state index is -0.978. The van der Waals surface area contributed by atoms with E-state index in [-0.39, 0.29) is 17.6 Å². The highest BCUT2D eigenvalue weighted by molar-refractivity contribution is 8.16. The molecule has 1 saturated heterocycles. The summed E-state index contributed by atoms with van der Waals surface area (Å²) in [7, 11) is 4.75. The number of amidine groups is 1. The smallest absolute Gasteiger partial charge is 0.251 e. The molecular formula is C27H26N4O5S2. The summed E-state index contributed by atoms with van der Waals surface area (Å²) in [6, 6.07) is 21.3.